The first-order valence-electron chi connectivity index (χ1n) is 6.94. The van der Waals surface area contributed by atoms with Crippen molar-refractivity contribution in [2.24, 2.45) is 5.92 Å². The fourth-order valence-corrected chi connectivity index (χ4v) is 3.29. The molecule has 0 aromatic rings. The van der Waals surface area contributed by atoms with E-state index < -0.39 is 9.84 Å². The number of nitrogens with one attached hydrogen (secondary N) is 1. The van der Waals surface area contributed by atoms with Gasteiger partial charge in [0.15, 0.2) is 9.84 Å². The number of hydrogen-bond donors (Lipinski definition) is 1. The summed E-state index contributed by atoms with van der Waals surface area (Å²) in [6.45, 7) is 5.06. The highest BCUT2D eigenvalue weighted by atomic mass is 32.2. The number of sulfone groups is 1. The molecule has 0 aromatic carbocycles. The van der Waals surface area contributed by atoms with Crippen LogP contribution in [-0.4, -0.2) is 32.5 Å². The molecule has 1 N–H and O–H groups in total. The molecule has 4 heteroatoms. The Labute approximate surface area is 106 Å². The normalized spacial score (nSPS) is 18.1. The molecule has 1 fully saturated rings. The highest BCUT2D eigenvalue weighted by Crippen LogP contribution is 2.28. The summed E-state index contributed by atoms with van der Waals surface area (Å²) in [6, 6.07) is 0. The molecule has 102 valence electrons. The summed E-state index contributed by atoms with van der Waals surface area (Å²) in [4.78, 5) is 0. The largest absolute Gasteiger partial charge is 0.316 e. The van der Waals surface area contributed by atoms with Crippen molar-refractivity contribution in [2.45, 2.75) is 57.6 Å². The second-order valence-electron chi connectivity index (χ2n) is 5.46. The quantitative estimate of drug-likeness (QED) is 0.682. The number of rotatable bonds is 8. The van der Waals surface area contributed by atoms with Crippen molar-refractivity contribution in [2.75, 3.05) is 18.8 Å². The summed E-state index contributed by atoms with van der Waals surface area (Å²) < 4.78 is 23.1. The van der Waals surface area contributed by atoms with Gasteiger partial charge >= 0.3 is 0 Å². The molecule has 17 heavy (non-hydrogen) atoms. The van der Waals surface area contributed by atoms with Gasteiger partial charge < -0.3 is 5.32 Å². The van der Waals surface area contributed by atoms with Crippen LogP contribution in [0.15, 0.2) is 0 Å². The summed E-state index contributed by atoms with van der Waals surface area (Å²) in [5.41, 5.74) is 0. The van der Waals surface area contributed by atoms with E-state index in [4.69, 9.17) is 0 Å². The molecular formula is C13H27NO2S. The molecule has 0 atom stereocenters. The molecule has 0 aliphatic heterocycles. The van der Waals surface area contributed by atoms with Gasteiger partial charge in [0, 0.05) is 6.54 Å². The van der Waals surface area contributed by atoms with Gasteiger partial charge in [0.05, 0.1) is 11.0 Å². The van der Waals surface area contributed by atoms with E-state index in [1.165, 1.54) is 38.5 Å². The lowest BCUT2D eigenvalue weighted by Gasteiger charge is -2.10. The van der Waals surface area contributed by atoms with Gasteiger partial charge in [0.1, 0.15) is 0 Å². The monoisotopic (exact) mass is 261 g/mol. The van der Waals surface area contributed by atoms with E-state index in [0.717, 1.165) is 12.5 Å². The van der Waals surface area contributed by atoms with E-state index in [9.17, 15) is 8.42 Å². The lowest BCUT2D eigenvalue weighted by molar-refractivity contribution is 0.473. The third-order valence-corrected chi connectivity index (χ3v) is 5.93. The molecule has 0 radical (unpaired) electrons. The zero-order valence-corrected chi connectivity index (χ0v) is 12.1. The van der Waals surface area contributed by atoms with Gasteiger partial charge in [-0.3, -0.25) is 0 Å². The van der Waals surface area contributed by atoms with Crippen molar-refractivity contribution in [3.05, 3.63) is 0 Å². The summed E-state index contributed by atoms with van der Waals surface area (Å²) >= 11 is 0. The van der Waals surface area contributed by atoms with E-state index in [2.05, 4.69) is 5.32 Å². The average molecular weight is 261 g/mol. The van der Waals surface area contributed by atoms with E-state index in [-0.39, 0.29) is 11.0 Å². The van der Waals surface area contributed by atoms with Crippen molar-refractivity contribution < 1.29 is 8.42 Å². The van der Waals surface area contributed by atoms with Crippen LogP contribution >= 0.6 is 0 Å². The van der Waals surface area contributed by atoms with Gasteiger partial charge in [0.2, 0.25) is 0 Å². The minimum atomic E-state index is -2.86. The maximum atomic E-state index is 11.5. The van der Waals surface area contributed by atoms with Gasteiger partial charge in [-0.25, -0.2) is 8.42 Å². The Hall–Kier alpha value is -0.0900. The van der Waals surface area contributed by atoms with Crippen LogP contribution < -0.4 is 5.32 Å². The summed E-state index contributed by atoms with van der Waals surface area (Å²) in [7, 11) is -2.86. The second-order valence-corrected chi connectivity index (χ2v) is 8.14. The van der Waals surface area contributed by atoms with E-state index >= 15 is 0 Å². The molecule has 0 bridgehead atoms. The van der Waals surface area contributed by atoms with Gasteiger partial charge in [0.25, 0.3) is 0 Å². The number of hydrogen-bond acceptors (Lipinski definition) is 3. The average Bonchev–Trinajstić information content (AvgIpc) is 2.75. The van der Waals surface area contributed by atoms with Crippen LogP contribution in [0.4, 0.5) is 0 Å². The Bertz CT molecular complexity index is 293. The summed E-state index contributed by atoms with van der Waals surface area (Å²) in [6.07, 6.45) is 8.12. The molecular weight excluding hydrogens is 234 g/mol. The van der Waals surface area contributed by atoms with Gasteiger partial charge in [-0.15, -0.1) is 0 Å². The third-order valence-electron chi connectivity index (χ3n) is 3.72. The van der Waals surface area contributed by atoms with Crippen LogP contribution in [0.5, 0.6) is 0 Å². The molecule has 3 nitrogen and oxygen atoms in total. The molecule has 0 saturated heterocycles. The van der Waals surface area contributed by atoms with Gasteiger partial charge in [-0.1, -0.05) is 25.7 Å². The van der Waals surface area contributed by atoms with Crippen molar-refractivity contribution in [3.8, 4) is 0 Å². The van der Waals surface area contributed by atoms with E-state index in [0.29, 0.717) is 6.54 Å². The lowest BCUT2D eigenvalue weighted by Crippen LogP contribution is -2.28. The minimum Gasteiger partial charge on any atom is -0.316 e. The van der Waals surface area contributed by atoms with Crippen LogP contribution in [0, 0.1) is 5.92 Å². The van der Waals surface area contributed by atoms with E-state index in [1.54, 1.807) is 13.8 Å². The Balaban J connectivity index is 1.97. The maximum Gasteiger partial charge on any atom is 0.153 e. The SMILES string of the molecule is CC(C)S(=O)(=O)CCNCCCC1CCCC1. The minimum absolute atomic E-state index is 0.247. The van der Waals surface area contributed by atoms with Crippen LogP contribution in [0.25, 0.3) is 0 Å². The van der Waals surface area contributed by atoms with Crippen LogP contribution in [0.3, 0.4) is 0 Å². The second kappa shape index (κ2) is 7.37. The molecule has 1 aliphatic rings. The van der Waals surface area contributed by atoms with Crippen LogP contribution in [0.2, 0.25) is 0 Å². The Kier molecular flexibility index (Phi) is 6.49. The highest BCUT2D eigenvalue weighted by molar-refractivity contribution is 7.92. The molecule has 0 amide bonds. The maximum absolute atomic E-state index is 11.5. The fourth-order valence-electron chi connectivity index (χ4n) is 2.39. The molecule has 0 spiro atoms. The standard InChI is InChI=1S/C13H27NO2S/c1-12(2)17(15,16)11-10-14-9-5-8-13-6-3-4-7-13/h12-14H,3-11H2,1-2H3. The molecule has 0 aromatic heterocycles. The summed E-state index contributed by atoms with van der Waals surface area (Å²) in [5.74, 6) is 1.21. The molecule has 0 unspecified atom stereocenters. The zero-order chi connectivity index (χ0) is 12.7. The fraction of sp³-hybridized carbons (Fsp3) is 1.00. The topological polar surface area (TPSA) is 46.2 Å². The van der Waals surface area contributed by atoms with E-state index in [1.807, 2.05) is 0 Å². The first-order chi connectivity index (χ1) is 8.02. The molecule has 1 rings (SSSR count). The Morgan fingerprint density at radius 1 is 1.18 bits per heavy atom. The predicted octanol–water partition coefficient (Wildman–Crippen LogP) is 2.37. The van der Waals surface area contributed by atoms with Crippen molar-refractivity contribution in [1.29, 1.82) is 0 Å². The van der Waals surface area contributed by atoms with Crippen LogP contribution in [0.1, 0.15) is 52.4 Å². The highest BCUT2D eigenvalue weighted by Gasteiger charge is 2.15. The van der Waals surface area contributed by atoms with Crippen molar-refractivity contribution >= 4 is 9.84 Å². The first-order valence-corrected chi connectivity index (χ1v) is 8.66. The van der Waals surface area contributed by atoms with Gasteiger partial charge in [-0.05, 0) is 39.2 Å². The predicted molar refractivity (Wildman–Crippen MR) is 73.0 cm³/mol. The Morgan fingerprint density at radius 2 is 1.82 bits per heavy atom. The molecule has 0 heterocycles. The Morgan fingerprint density at radius 3 is 2.41 bits per heavy atom. The van der Waals surface area contributed by atoms with Crippen molar-refractivity contribution in [1.82, 2.24) is 5.32 Å². The van der Waals surface area contributed by atoms with Gasteiger partial charge in [-0.2, -0.15) is 0 Å². The smallest absolute Gasteiger partial charge is 0.153 e. The lowest BCUT2D eigenvalue weighted by atomic mass is 10.0. The summed E-state index contributed by atoms with van der Waals surface area (Å²) in [5, 5.41) is 2.99. The molecule has 1 saturated carbocycles. The van der Waals surface area contributed by atoms with Crippen LogP contribution in [-0.2, 0) is 9.84 Å². The third kappa shape index (κ3) is 5.87. The zero-order valence-electron chi connectivity index (χ0n) is 11.2. The first kappa shape index (κ1) is 15.0. The van der Waals surface area contributed by atoms with Crippen molar-refractivity contribution in [3.63, 3.8) is 0 Å². The molecule has 1 aliphatic carbocycles.